The zero-order valence-electron chi connectivity index (χ0n) is 12.0. The third-order valence-corrected chi connectivity index (χ3v) is 4.83. The minimum Gasteiger partial charge on any atom is -0.389 e. The van der Waals surface area contributed by atoms with Gasteiger partial charge < -0.3 is 11.1 Å². The van der Waals surface area contributed by atoms with Gasteiger partial charge in [0.15, 0.2) is 5.82 Å². The Morgan fingerprint density at radius 3 is 2.85 bits per heavy atom. The second kappa shape index (κ2) is 5.26. The van der Waals surface area contributed by atoms with Crippen molar-refractivity contribution in [3.05, 3.63) is 16.8 Å². The molecule has 2 atom stereocenters. The summed E-state index contributed by atoms with van der Waals surface area (Å²) in [5, 5.41) is 12.0. The molecule has 2 saturated heterocycles. The summed E-state index contributed by atoms with van der Waals surface area (Å²) in [6.45, 7) is 6.33. The van der Waals surface area contributed by atoms with Crippen LogP contribution in [0.4, 0.5) is 5.82 Å². The number of fused-ring (bicyclic) bond motifs is 1. The Bertz CT molecular complexity index is 545. The summed E-state index contributed by atoms with van der Waals surface area (Å²) >= 11 is 5.19. The molecular formula is C14H21N5S. The van der Waals surface area contributed by atoms with E-state index in [1.54, 1.807) is 0 Å². The summed E-state index contributed by atoms with van der Waals surface area (Å²) in [6, 6.07) is 1.06. The van der Waals surface area contributed by atoms with Crippen LogP contribution in [0.5, 0.6) is 0 Å². The molecular weight excluding hydrogens is 270 g/mol. The van der Waals surface area contributed by atoms with E-state index in [0.717, 1.165) is 29.1 Å². The molecule has 3 N–H and O–H groups in total. The van der Waals surface area contributed by atoms with Gasteiger partial charge in [0.05, 0.1) is 11.3 Å². The van der Waals surface area contributed by atoms with Crippen molar-refractivity contribution < 1.29 is 0 Å². The number of anilines is 1. The third-order valence-electron chi connectivity index (χ3n) is 4.63. The molecule has 2 aliphatic rings. The van der Waals surface area contributed by atoms with Crippen LogP contribution >= 0.6 is 12.2 Å². The van der Waals surface area contributed by atoms with E-state index in [4.69, 9.17) is 18.0 Å². The number of hydrogen-bond donors (Lipinski definition) is 2. The van der Waals surface area contributed by atoms with Crippen molar-refractivity contribution in [3.8, 4) is 0 Å². The molecule has 3 heterocycles. The van der Waals surface area contributed by atoms with Gasteiger partial charge in [0.2, 0.25) is 0 Å². The minimum absolute atomic E-state index is 0.393. The fourth-order valence-electron chi connectivity index (χ4n) is 3.44. The predicted molar refractivity (Wildman–Crippen MR) is 84.0 cm³/mol. The Balaban J connectivity index is 1.87. The Labute approximate surface area is 124 Å². The molecule has 108 valence electrons. The van der Waals surface area contributed by atoms with Crippen LogP contribution in [-0.4, -0.2) is 45.3 Å². The smallest absolute Gasteiger partial charge is 0.159 e. The molecule has 2 fully saturated rings. The van der Waals surface area contributed by atoms with E-state index in [1.165, 1.54) is 25.9 Å². The van der Waals surface area contributed by atoms with Crippen molar-refractivity contribution in [1.29, 1.82) is 0 Å². The SMILES string of the molecule is Cc1nnc(NC2CCN3CCCC23)c(C(N)=S)c1C. The Kier molecular flexibility index (Phi) is 3.60. The fraction of sp³-hybridized carbons (Fsp3) is 0.643. The first-order valence-electron chi connectivity index (χ1n) is 7.22. The van der Waals surface area contributed by atoms with Gasteiger partial charge in [-0.3, -0.25) is 4.90 Å². The predicted octanol–water partition coefficient (Wildman–Crippen LogP) is 1.38. The van der Waals surface area contributed by atoms with Gasteiger partial charge in [-0.1, -0.05) is 12.2 Å². The van der Waals surface area contributed by atoms with Crippen LogP contribution in [0.2, 0.25) is 0 Å². The zero-order chi connectivity index (χ0) is 14.3. The lowest BCUT2D eigenvalue weighted by Crippen LogP contribution is -2.35. The van der Waals surface area contributed by atoms with E-state index < -0.39 is 0 Å². The summed E-state index contributed by atoms with van der Waals surface area (Å²) in [6.07, 6.45) is 3.71. The highest BCUT2D eigenvalue weighted by molar-refractivity contribution is 7.80. The first-order chi connectivity index (χ1) is 9.58. The summed E-state index contributed by atoms with van der Waals surface area (Å²) in [5.74, 6) is 0.749. The van der Waals surface area contributed by atoms with Gasteiger partial charge in [0.1, 0.15) is 4.99 Å². The summed E-state index contributed by atoms with van der Waals surface area (Å²) in [4.78, 5) is 2.95. The normalized spacial score (nSPS) is 25.7. The molecule has 0 spiro atoms. The number of thiocarbonyl (C=S) groups is 1. The minimum atomic E-state index is 0.393. The first kappa shape index (κ1) is 13.7. The largest absolute Gasteiger partial charge is 0.389 e. The van der Waals surface area contributed by atoms with Crippen LogP contribution in [0.15, 0.2) is 0 Å². The highest BCUT2D eigenvalue weighted by Crippen LogP contribution is 2.30. The van der Waals surface area contributed by atoms with Crippen LogP contribution in [0.1, 0.15) is 36.1 Å². The van der Waals surface area contributed by atoms with Gasteiger partial charge in [-0.15, -0.1) is 5.10 Å². The van der Waals surface area contributed by atoms with E-state index >= 15 is 0 Å². The first-order valence-corrected chi connectivity index (χ1v) is 7.63. The van der Waals surface area contributed by atoms with Crippen LogP contribution < -0.4 is 11.1 Å². The van der Waals surface area contributed by atoms with Gasteiger partial charge in [-0.2, -0.15) is 5.10 Å². The van der Waals surface area contributed by atoms with E-state index in [1.807, 2.05) is 13.8 Å². The topological polar surface area (TPSA) is 67.1 Å². The zero-order valence-corrected chi connectivity index (χ0v) is 12.8. The molecule has 0 bridgehead atoms. The fourth-order valence-corrected chi connectivity index (χ4v) is 3.69. The summed E-state index contributed by atoms with van der Waals surface area (Å²) < 4.78 is 0. The molecule has 2 unspecified atom stereocenters. The lowest BCUT2D eigenvalue weighted by atomic mass is 10.0. The number of nitrogens with two attached hydrogens (primary N) is 1. The Hall–Kier alpha value is -1.27. The highest BCUT2D eigenvalue weighted by atomic mass is 32.1. The van der Waals surface area contributed by atoms with Crippen LogP contribution in [0, 0.1) is 13.8 Å². The molecule has 3 rings (SSSR count). The average Bonchev–Trinajstić information content (AvgIpc) is 2.98. The lowest BCUT2D eigenvalue weighted by Gasteiger charge is -2.23. The van der Waals surface area contributed by atoms with Crippen molar-refractivity contribution in [2.24, 2.45) is 5.73 Å². The van der Waals surface area contributed by atoms with Gasteiger partial charge in [0, 0.05) is 18.6 Å². The molecule has 0 aromatic carbocycles. The molecule has 20 heavy (non-hydrogen) atoms. The Morgan fingerprint density at radius 2 is 2.10 bits per heavy atom. The van der Waals surface area contributed by atoms with Crippen molar-refractivity contribution in [2.75, 3.05) is 18.4 Å². The van der Waals surface area contributed by atoms with Crippen molar-refractivity contribution in [1.82, 2.24) is 15.1 Å². The molecule has 0 amide bonds. The molecule has 2 aliphatic heterocycles. The van der Waals surface area contributed by atoms with Crippen molar-refractivity contribution in [2.45, 2.75) is 45.2 Å². The maximum absolute atomic E-state index is 5.88. The number of rotatable bonds is 3. The quantitative estimate of drug-likeness (QED) is 0.820. The monoisotopic (exact) mass is 291 g/mol. The van der Waals surface area contributed by atoms with Crippen LogP contribution in [-0.2, 0) is 0 Å². The molecule has 0 aliphatic carbocycles. The second-order valence-corrected chi connectivity index (χ2v) is 6.22. The highest BCUT2D eigenvalue weighted by Gasteiger charge is 2.37. The number of aryl methyl sites for hydroxylation is 1. The number of nitrogens with one attached hydrogen (secondary N) is 1. The van der Waals surface area contributed by atoms with Crippen molar-refractivity contribution >= 4 is 23.0 Å². The van der Waals surface area contributed by atoms with E-state index in [9.17, 15) is 0 Å². The van der Waals surface area contributed by atoms with Crippen molar-refractivity contribution in [3.63, 3.8) is 0 Å². The van der Waals surface area contributed by atoms with E-state index in [0.29, 0.717) is 17.1 Å². The van der Waals surface area contributed by atoms with Crippen LogP contribution in [0.3, 0.4) is 0 Å². The third kappa shape index (κ3) is 2.27. The molecule has 0 radical (unpaired) electrons. The molecule has 6 heteroatoms. The average molecular weight is 291 g/mol. The lowest BCUT2D eigenvalue weighted by molar-refractivity contribution is 0.318. The molecule has 5 nitrogen and oxygen atoms in total. The molecule has 1 aromatic rings. The number of aromatic nitrogens is 2. The van der Waals surface area contributed by atoms with Crippen LogP contribution in [0.25, 0.3) is 0 Å². The number of hydrogen-bond acceptors (Lipinski definition) is 5. The second-order valence-electron chi connectivity index (χ2n) is 5.78. The standard InChI is InChI=1S/C14H21N5S/c1-8-9(2)17-18-14(12(8)13(15)20)16-10-5-7-19-6-3-4-11(10)19/h10-11H,3-7H2,1-2H3,(H2,15,20)(H,16,18). The van der Waals surface area contributed by atoms with Gasteiger partial charge in [-0.25, -0.2) is 0 Å². The maximum atomic E-state index is 5.88. The Morgan fingerprint density at radius 1 is 1.30 bits per heavy atom. The summed E-state index contributed by atoms with van der Waals surface area (Å²) in [7, 11) is 0. The van der Waals surface area contributed by atoms with E-state index in [-0.39, 0.29) is 0 Å². The maximum Gasteiger partial charge on any atom is 0.159 e. The number of nitrogens with zero attached hydrogens (tertiary/aromatic N) is 3. The molecule has 1 aromatic heterocycles. The summed E-state index contributed by atoms with van der Waals surface area (Å²) in [5.41, 5.74) is 8.64. The molecule has 0 saturated carbocycles. The van der Waals surface area contributed by atoms with E-state index in [2.05, 4.69) is 20.4 Å². The van der Waals surface area contributed by atoms with Gasteiger partial charge in [-0.05, 0) is 45.2 Å². The van der Waals surface area contributed by atoms with Gasteiger partial charge >= 0.3 is 0 Å². The van der Waals surface area contributed by atoms with Gasteiger partial charge in [0.25, 0.3) is 0 Å².